The maximum Gasteiger partial charge on any atom is 0.126 e. The summed E-state index contributed by atoms with van der Waals surface area (Å²) in [6.45, 7) is 7.48. The van der Waals surface area contributed by atoms with Crippen LogP contribution in [0.4, 0.5) is 0 Å². The van der Waals surface area contributed by atoms with Crippen LogP contribution in [0.2, 0.25) is 0 Å². The normalized spacial score (nSPS) is 16.6. The van der Waals surface area contributed by atoms with Crippen LogP contribution in [0.15, 0.2) is 51.7 Å². The Morgan fingerprint density at radius 3 is 2.65 bits per heavy atom. The average molecular weight is 316 g/mol. The van der Waals surface area contributed by atoms with Crippen molar-refractivity contribution in [2.75, 3.05) is 45.9 Å². The van der Waals surface area contributed by atoms with Gasteiger partial charge in [0.25, 0.3) is 0 Å². The molecule has 0 spiro atoms. The maximum atomic E-state index is 5.49. The van der Waals surface area contributed by atoms with E-state index in [4.69, 9.17) is 13.6 Å². The average Bonchev–Trinajstić information content (AvgIpc) is 3.27. The van der Waals surface area contributed by atoms with Gasteiger partial charge in [0.1, 0.15) is 11.5 Å². The number of nitrogens with zero attached hydrogens (tertiary/aromatic N) is 2. The van der Waals surface area contributed by atoms with Crippen LogP contribution >= 0.6 is 0 Å². The molecule has 0 aliphatic carbocycles. The van der Waals surface area contributed by atoms with E-state index in [9.17, 15) is 0 Å². The number of rotatable bonds is 8. The summed E-state index contributed by atoms with van der Waals surface area (Å²) >= 11 is 0. The lowest BCUT2D eigenvalue weighted by atomic mass is 10.3. The Balaban J connectivity index is 1.52. The monoisotopic (exact) mass is 316 g/mol. The minimum atomic E-state index is 0.819. The quantitative estimate of drug-likeness (QED) is 0.749. The number of hydrogen-bond acceptors (Lipinski definition) is 5. The Morgan fingerprint density at radius 2 is 1.91 bits per heavy atom. The van der Waals surface area contributed by atoms with Crippen molar-refractivity contribution >= 4 is 6.08 Å². The second kappa shape index (κ2) is 8.72. The van der Waals surface area contributed by atoms with E-state index in [1.54, 1.807) is 12.5 Å². The molecule has 3 heterocycles. The molecule has 0 radical (unpaired) electrons. The molecule has 0 unspecified atom stereocenters. The molecule has 0 atom stereocenters. The smallest absolute Gasteiger partial charge is 0.126 e. The van der Waals surface area contributed by atoms with Crippen LogP contribution in [0.1, 0.15) is 11.5 Å². The lowest BCUT2D eigenvalue weighted by Gasteiger charge is -2.29. The van der Waals surface area contributed by atoms with Crippen LogP contribution in [0.25, 0.3) is 6.08 Å². The van der Waals surface area contributed by atoms with Crippen LogP contribution < -0.4 is 0 Å². The number of furan rings is 2. The highest BCUT2D eigenvalue weighted by Gasteiger charge is 2.13. The summed E-state index contributed by atoms with van der Waals surface area (Å²) in [6.07, 6.45) is 7.58. The van der Waals surface area contributed by atoms with Gasteiger partial charge in [0.05, 0.1) is 32.3 Å². The molecule has 1 fully saturated rings. The number of morpholine rings is 1. The van der Waals surface area contributed by atoms with Gasteiger partial charge in [-0.15, -0.1) is 0 Å². The van der Waals surface area contributed by atoms with Gasteiger partial charge in [-0.3, -0.25) is 9.80 Å². The van der Waals surface area contributed by atoms with Gasteiger partial charge in [-0.05, 0) is 30.3 Å². The van der Waals surface area contributed by atoms with Crippen LogP contribution in [-0.2, 0) is 11.3 Å². The van der Waals surface area contributed by atoms with E-state index in [-0.39, 0.29) is 0 Å². The van der Waals surface area contributed by atoms with Gasteiger partial charge in [0.2, 0.25) is 0 Å². The highest BCUT2D eigenvalue weighted by Crippen LogP contribution is 2.08. The zero-order chi connectivity index (χ0) is 15.7. The summed E-state index contributed by atoms with van der Waals surface area (Å²) in [5.41, 5.74) is 0. The molecule has 124 valence electrons. The van der Waals surface area contributed by atoms with Gasteiger partial charge in [-0.1, -0.05) is 6.08 Å². The summed E-state index contributed by atoms with van der Waals surface area (Å²) in [5.74, 6) is 1.88. The first kappa shape index (κ1) is 16.1. The molecule has 1 aliphatic rings. The minimum absolute atomic E-state index is 0.819. The number of hydrogen-bond donors (Lipinski definition) is 0. The minimum Gasteiger partial charge on any atom is -0.468 e. The van der Waals surface area contributed by atoms with Gasteiger partial charge in [-0.25, -0.2) is 0 Å². The Kier molecular flexibility index (Phi) is 6.09. The first-order valence-corrected chi connectivity index (χ1v) is 8.15. The van der Waals surface area contributed by atoms with Crippen molar-refractivity contribution in [1.82, 2.24) is 9.80 Å². The topological polar surface area (TPSA) is 42.0 Å². The van der Waals surface area contributed by atoms with Crippen molar-refractivity contribution in [3.8, 4) is 0 Å². The molecule has 0 N–H and O–H groups in total. The van der Waals surface area contributed by atoms with E-state index < -0.39 is 0 Å². The van der Waals surface area contributed by atoms with Crippen molar-refractivity contribution in [2.45, 2.75) is 6.54 Å². The lowest BCUT2D eigenvalue weighted by Crippen LogP contribution is -2.41. The summed E-state index contributed by atoms with van der Waals surface area (Å²) in [7, 11) is 0. The maximum absolute atomic E-state index is 5.49. The van der Waals surface area contributed by atoms with E-state index in [1.807, 2.05) is 30.3 Å². The Hall–Kier alpha value is -1.82. The molecule has 1 aliphatic heterocycles. The zero-order valence-corrected chi connectivity index (χ0v) is 13.4. The standard InChI is InChI=1S/C18H24N2O3/c1(4-17-5-2-12-22-17)7-20(16-18-6-3-13-23-18)9-8-19-10-14-21-15-11-19/h1-6,12-13H,7-11,14-16H2/b4-1+. The molecular formula is C18H24N2O3. The Labute approximate surface area is 137 Å². The molecule has 0 aromatic carbocycles. The fourth-order valence-electron chi connectivity index (χ4n) is 2.67. The van der Waals surface area contributed by atoms with E-state index in [0.717, 1.165) is 64.0 Å². The highest BCUT2D eigenvalue weighted by molar-refractivity contribution is 5.42. The second-order valence-corrected chi connectivity index (χ2v) is 5.69. The van der Waals surface area contributed by atoms with Crippen LogP contribution in [0, 0.1) is 0 Å². The van der Waals surface area contributed by atoms with E-state index in [0.29, 0.717) is 0 Å². The molecule has 23 heavy (non-hydrogen) atoms. The van der Waals surface area contributed by atoms with Crippen molar-refractivity contribution < 1.29 is 13.6 Å². The third-order valence-electron chi connectivity index (χ3n) is 3.98. The summed E-state index contributed by atoms with van der Waals surface area (Å²) in [6, 6.07) is 7.83. The fourth-order valence-corrected chi connectivity index (χ4v) is 2.67. The predicted molar refractivity (Wildman–Crippen MR) is 89.0 cm³/mol. The first-order valence-electron chi connectivity index (χ1n) is 8.15. The molecule has 5 heteroatoms. The third-order valence-corrected chi connectivity index (χ3v) is 3.98. The van der Waals surface area contributed by atoms with Crippen molar-refractivity contribution in [3.63, 3.8) is 0 Å². The molecule has 1 saturated heterocycles. The number of ether oxygens (including phenoxy) is 1. The molecule has 2 aromatic rings. The van der Waals surface area contributed by atoms with Gasteiger partial charge in [0, 0.05) is 32.7 Å². The molecule has 2 aromatic heterocycles. The summed E-state index contributed by atoms with van der Waals surface area (Å²) in [4.78, 5) is 4.84. The van der Waals surface area contributed by atoms with Gasteiger partial charge in [0.15, 0.2) is 0 Å². The van der Waals surface area contributed by atoms with Crippen LogP contribution in [-0.4, -0.2) is 55.7 Å². The molecule has 3 rings (SSSR count). The molecular weight excluding hydrogens is 292 g/mol. The first-order chi connectivity index (χ1) is 11.4. The lowest BCUT2D eigenvalue weighted by molar-refractivity contribution is 0.0332. The van der Waals surface area contributed by atoms with Gasteiger partial charge in [-0.2, -0.15) is 0 Å². The van der Waals surface area contributed by atoms with E-state index in [2.05, 4.69) is 15.9 Å². The highest BCUT2D eigenvalue weighted by atomic mass is 16.5. The molecule has 5 nitrogen and oxygen atoms in total. The molecule has 0 bridgehead atoms. The zero-order valence-electron chi connectivity index (χ0n) is 13.4. The van der Waals surface area contributed by atoms with E-state index in [1.165, 1.54) is 0 Å². The summed E-state index contributed by atoms with van der Waals surface area (Å²) < 4.78 is 16.2. The molecule has 0 amide bonds. The van der Waals surface area contributed by atoms with Crippen molar-refractivity contribution in [3.05, 3.63) is 54.4 Å². The molecule has 0 saturated carbocycles. The fraction of sp³-hybridized carbons (Fsp3) is 0.444. The SMILES string of the molecule is C(=C\c1ccco1)/CN(CCN1CCOCC1)Cc1ccco1. The largest absolute Gasteiger partial charge is 0.468 e. The Morgan fingerprint density at radius 1 is 1.09 bits per heavy atom. The third kappa shape index (κ3) is 5.39. The second-order valence-electron chi connectivity index (χ2n) is 5.69. The van der Waals surface area contributed by atoms with Crippen molar-refractivity contribution in [2.24, 2.45) is 0 Å². The van der Waals surface area contributed by atoms with Crippen molar-refractivity contribution in [1.29, 1.82) is 0 Å². The summed E-state index contributed by atoms with van der Waals surface area (Å²) in [5, 5.41) is 0. The van der Waals surface area contributed by atoms with Gasteiger partial charge < -0.3 is 13.6 Å². The van der Waals surface area contributed by atoms with Crippen LogP contribution in [0.3, 0.4) is 0 Å². The predicted octanol–water partition coefficient (Wildman–Crippen LogP) is 2.72. The van der Waals surface area contributed by atoms with Crippen LogP contribution in [0.5, 0.6) is 0 Å². The van der Waals surface area contributed by atoms with E-state index >= 15 is 0 Å². The Bertz CT molecular complexity index is 557. The van der Waals surface area contributed by atoms with Gasteiger partial charge >= 0.3 is 0 Å².